The number of pyridine rings is 1. The number of carbonyl (C=O) groups is 1. The monoisotopic (exact) mass is 363 g/mol. The lowest BCUT2D eigenvalue weighted by Gasteiger charge is -2.56. The minimum atomic E-state index is -0.115. The van der Waals surface area contributed by atoms with E-state index < -0.39 is 0 Å². The second kappa shape index (κ2) is 6.55. The van der Waals surface area contributed by atoms with Crippen LogP contribution in [-0.2, 0) is 0 Å². The average molecular weight is 363 g/mol. The Morgan fingerprint density at radius 3 is 2.22 bits per heavy atom. The maximum absolute atomic E-state index is 12.6. The van der Waals surface area contributed by atoms with Gasteiger partial charge >= 0.3 is 6.03 Å². The van der Waals surface area contributed by atoms with E-state index in [1.807, 2.05) is 36.4 Å². The maximum Gasteiger partial charge on any atom is 0.319 e. The van der Waals surface area contributed by atoms with Crippen molar-refractivity contribution in [1.29, 1.82) is 0 Å². The molecule has 0 radical (unpaired) electrons. The predicted molar refractivity (Wildman–Crippen MR) is 104 cm³/mol. The number of hydrogen-bond acceptors (Lipinski definition) is 3. The Balaban J connectivity index is 1.20. The molecule has 2 amide bonds. The molecule has 1 heterocycles. The highest BCUT2D eigenvalue weighted by Crippen LogP contribution is 2.55. The number of amides is 2. The molecule has 2 aromatic rings. The second-order valence-electron chi connectivity index (χ2n) is 8.58. The molecule has 4 saturated carbocycles. The Kier molecular flexibility index (Phi) is 4.03. The molecule has 4 fully saturated rings. The fraction of sp³-hybridized carbons (Fsp3) is 0.455. The third-order valence-electron chi connectivity index (χ3n) is 6.38. The molecule has 0 aliphatic heterocycles. The van der Waals surface area contributed by atoms with Gasteiger partial charge in [0.25, 0.3) is 0 Å². The van der Waals surface area contributed by atoms with Gasteiger partial charge < -0.3 is 15.4 Å². The van der Waals surface area contributed by atoms with Crippen LogP contribution in [0.25, 0.3) is 0 Å². The van der Waals surface area contributed by atoms with Gasteiger partial charge in [-0.1, -0.05) is 18.2 Å². The summed E-state index contributed by atoms with van der Waals surface area (Å²) >= 11 is 0. The summed E-state index contributed by atoms with van der Waals surface area (Å²) in [5.74, 6) is 3.69. The largest absolute Gasteiger partial charge is 0.439 e. The van der Waals surface area contributed by atoms with Crippen LogP contribution in [0.5, 0.6) is 11.6 Å². The van der Waals surface area contributed by atoms with Gasteiger partial charge in [0.05, 0.1) is 11.9 Å². The fourth-order valence-electron chi connectivity index (χ4n) is 5.79. The quantitative estimate of drug-likeness (QED) is 0.806. The number of nitrogens with one attached hydrogen (secondary N) is 2. The van der Waals surface area contributed by atoms with Crippen molar-refractivity contribution in [2.45, 2.75) is 44.1 Å². The first-order valence-electron chi connectivity index (χ1n) is 9.94. The molecule has 0 spiro atoms. The molecule has 6 rings (SSSR count). The molecule has 4 aliphatic carbocycles. The summed E-state index contributed by atoms with van der Waals surface area (Å²) < 4.78 is 5.69. The van der Waals surface area contributed by atoms with Crippen molar-refractivity contribution in [2.24, 2.45) is 17.8 Å². The van der Waals surface area contributed by atoms with E-state index >= 15 is 0 Å². The van der Waals surface area contributed by atoms with E-state index in [2.05, 4.69) is 15.6 Å². The van der Waals surface area contributed by atoms with Gasteiger partial charge in [0.1, 0.15) is 5.75 Å². The third-order valence-corrected chi connectivity index (χ3v) is 6.38. The van der Waals surface area contributed by atoms with Crippen molar-refractivity contribution >= 4 is 11.7 Å². The molecule has 1 aromatic heterocycles. The van der Waals surface area contributed by atoms with E-state index in [1.165, 1.54) is 19.3 Å². The lowest BCUT2D eigenvalue weighted by molar-refractivity contribution is -0.0127. The van der Waals surface area contributed by atoms with Crippen LogP contribution in [0.4, 0.5) is 10.5 Å². The number of hydrogen-bond donors (Lipinski definition) is 2. The molecule has 5 nitrogen and oxygen atoms in total. The Labute approximate surface area is 159 Å². The highest BCUT2D eigenvalue weighted by atomic mass is 16.5. The number of rotatable bonds is 4. The zero-order valence-corrected chi connectivity index (χ0v) is 15.4. The minimum absolute atomic E-state index is 0.0165. The summed E-state index contributed by atoms with van der Waals surface area (Å²) in [6, 6.07) is 13.0. The van der Waals surface area contributed by atoms with Crippen LogP contribution in [0.1, 0.15) is 38.5 Å². The van der Waals surface area contributed by atoms with Gasteiger partial charge in [-0.2, -0.15) is 0 Å². The van der Waals surface area contributed by atoms with Gasteiger partial charge in [0.2, 0.25) is 5.88 Å². The number of nitrogens with zero attached hydrogens (tertiary/aromatic N) is 1. The minimum Gasteiger partial charge on any atom is -0.439 e. The van der Waals surface area contributed by atoms with Crippen molar-refractivity contribution in [2.75, 3.05) is 5.32 Å². The number of ether oxygens (including phenoxy) is 1. The van der Waals surface area contributed by atoms with E-state index in [0.717, 1.165) is 42.8 Å². The number of urea groups is 1. The number of aromatic nitrogens is 1. The van der Waals surface area contributed by atoms with E-state index in [1.54, 1.807) is 12.3 Å². The van der Waals surface area contributed by atoms with Crippen molar-refractivity contribution in [3.05, 3.63) is 48.7 Å². The van der Waals surface area contributed by atoms with Gasteiger partial charge in [0, 0.05) is 11.6 Å². The molecule has 4 aliphatic rings. The standard InChI is InChI=1S/C22H25N3O2/c26-21(25-22-11-15-8-16(12-22)10-17(9-15)13-22)24-18-6-7-20(23-14-18)27-19-4-2-1-3-5-19/h1-7,14-17H,8-13H2,(H2,24,25,26). The summed E-state index contributed by atoms with van der Waals surface area (Å²) in [5.41, 5.74) is 0.695. The molecule has 0 unspecified atom stereocenters. The summed E-state index contributed by atoms with van der Waals surface area (Å²) in [4.78, 5) is 16.9. The van der Waals surface area contributed by atoms with Crippen LogP contribution in [-0.4, -0.2) is 16.6 Å². The van der Waals surface area contributed by atoms with E-state index in [9.17, 15) is 4.79 Å². The van der Waals surface area contributed by atoms with E-state index in [4.69, 9.17) is 4.74 Å². The van der Waals surface area contributed by atoms with Gasteiger partial charge in [-0.05, 0) is 74.5 Å². The Morgan fingerprint density at radius 1 is 0.963 bits per heavy atom. The van der Waals surface area contributed by atoms with Crippen molar-refractivity contribution < 1.29 is 9.53 Å². The molecule has 0 atom stereocenters. The number of carbonyl (C=O) groups excluding carboxylic acids is 1. The fourth-order valence-corrected chi connectivity index (χ4v) is 5.79. The summed E-state index contributed by atoms with van der Waals surface area (Å²) in [6.07, 6.45) is 9.19. The molecule has 2 N–H and O–H groups in total. The average Bonchev–Trinajstić information content (AvgIpc) is 2.62. The zero-order chi connectivity index (χ0) is 18.3. The topological polar surface area (TPSA) is 63.2 Å². The Bertz CT molecular complexity index is 784. The molecule has 4 bridgehead atoms. The maximum atomic E-state index is 12.6. The van der Waals surface area contributed by atoms with Crippen LogP contribution in [0.3, 0.4) is 0 Å². The van der Waals surface area contributed by atoms with Gasteiger partial charge in [-0.3, -0.25) is 0 Å². The van der Waals surface area contributed by atoms with Gasteiger partial charge in [0.15, 0.2) is 0 Å². The van der Waals surface area contributed by atoms with E-state index in [-0.39, 0.29) is 11.6 Å². The van der Waals surface area contributed by atoms with Gasteiger partial charge in [-0.15, -0.1) is 0 Å². The molecule has 5 heteroatoms. The highest BCUT2D eigenvalue weighted by molar-refractivity contribution is 5.89. The number of para-hydroxylation sites is 1. The smallest absolute Gasteiger partial charge is 0.319 e. The second-order valence-corrected chi connectivity index (χ2v) is 8.58. The summed E-state index contributed by atoms with van der Waals surface area (Å²) in [7, 11) is 0. The SMILES string of the molecule is O=C(Nc1ccc(Oc2ccccc2)nc1)NC12CC3CC(CC(C3)C1)C2. The first-order chi connectivity index (χ1) is 13.2. The first kappa shape index (κ1) is 16.6. The summed E-state index contributed by atoms with van der Waals surface area (Å²) in [5, 5.41) is 6.26. The summed E-state index contributed by atoms with van der Waals surface area (Å²) in [6.45, 7) is 0. The van der Waals surface area contributed by atoms with Crippen molar-refractivity contribution in [1.82, 2.24) is 10.3 Å². The molecule has 140 valence electrons. The van der Waals surface area contributed by atoms with Crippen LogP contribution >= 0.6 is 0 Å². The lowest BCUT2D eigenvalue weighted by Crippen LogP contribution is -2.60. The van der Waals surface area contributed by atoms with E-state index in [0.29, 0.717) is 11.6 Å². The van der Waals surface area contributed by atoms with Gasteiger partial charge in [-0.25, -0.2) is 9.78 Å². The van der Waals surface area contributed by atoms with Crippen molar-refractivity contribution in [3.63, 3.8) is 0 Å². The van der Waals surface area contributed by atoms with Crippen LogP contribution in [0, 0.1) is 17.8 Å². The molecule has 0 saturated heterocycles. The van der Waals surface area contributed by atoms with Crippen molar-refractivity contribution in [3.8, 4) is 11.6 Å². The Hall–Kier alpha value is -2.56. The Morgan fingerprint density at radius 2 is 1.63 bits per heavy atom. The molecular formula is C22H25N3O2. The number of benzene rings is 1. The first-order valence-corrected chi connectivity index (χ1v) is 9.94. The molecule has 1 aromatic carbocycles. The third kappa shape index (κ3) is 3.51. The normalized spacial score (nSPS) is 30.7. The predicted octanol–water partition coefficient (Wildman–Crippen LogP) is 4.96. The van der Waals surface area contributed by atoms with Crippen LogP contribution in [0.2, 0.25) is 0 Å². The molecular weight excluding hydrogens is 338 g/mol. The van der Waals surface area contributed by atoms with Crippen LogP contribution < -0.4 is 15.4 Å². The zero-order valence-electron chi connectivity index (χ0n) is 15.4. The van der Waals surface area contributed by atoms with Crippen LogP contribution in [0.15, 0.2) is 48.7 Å². The number of anilines is 1. The molecule has 27 heavy (non-hydrogen) atoms. The highest BCUT2D eigenvalue weighted by Gasteiger charge is 2.51. The lowest BCUT2D eigenvalue weighted by atomic mass is 9.53.